The van der Waals surface area contributed by atoms with Crippen LogP contribution in [-0.4, -0.2) is 19.1 Å². The van der Waals surface area contributed by atoms with Gasteiger partial charge in [0.05, 0.1) is 13.3 Å². The Hall–Kier alpha value is -1.10. The number of pyridine rings is 1. The first-order valence-corrected chi connectivity index (χ1v) is 7.42. The van der Waals surface area contributed by atoms with Crippen molar-refractivity contribution in [1.82, 2.24) is 10.3 Å². The van der Waals surface area contributed by atoms with Crippen LogP contribution in [-0.2, 0) is 6.42 Å². The number of aromatic nitrogens is 1. The minimum atomic E-state index is 0.117. The van der Waals surface area contributed by atoms with Crippen molar-refractivity contribution in [3.05, 3.63) is 57.3 Å². The molecule has 0 radical (unpaired) electrons. The standard InChI is InChI=1S/C15H16BrClN2O/c1-18-14(12-5-6-19-9-15(12)20-2)7-10-3-4-11(16)8-13(10)17/h3-6,8-9,14,18H,7H2,1-2H3. The number of methoxy groups -OCH3 is 1. The van der Waals surface area contributed by atoms with Gasteiger partial charge in [0.1, 0.15) is 5.75 Å². The van der Waals surface area contributed by atoms with Gasteiger partial charge in [-0.15, -0.1) is 0 Å². The number of halogens is 2. The predicted molar refractivity (Wildman–Crippen MR) is 85.4 cm³/mol. The number of hydrogen-bond donors (Lipinski definition) is 1. The monoisotopic (exact) mass is 354 g/mol. The summed E-state index contributed by atoms with van der Waals surface area (Å²) in [5.74, 6) is 0.778. The molecule has 106 valence electrons. The van der Waals surface area contributed by atoms with E-state index in [9.17, 15) is 0 Å². The summed E-state index contributed by atoms with van der Waals surface area (Å²) >= 11 is 9.71. The van der Waals surface area contributed by atoms with E-state index in [1.807, 2.05) is 31.3 Å². The van der Waals surface area contributed by atoms with Gasteiger partial charge in [-0.2, -0.15) is 0 Å². The Kier molecular flexibility index (Phi) is 5.40. The van der Waals surface area contributed by atoms with E-state index in [1.54, 1.807) is 19.5 Å². The molecule has 1 aromatic heterocycles. The predicted octanol–water partition coefficient (Wildman–Crippen LogP) is 4.01. The molecule has 20 heavy (non-hydrogen) atoms. The number of nitrogens with zero attached hydrogens (tertiary/aromatic N) is 1. The van der Waals surface area contributed by atoms with Crippen LogP contribution in [0.5, 0.6) is 5.75 Å². The molecule has 1 heterocycles. The number of ether oxygens (including phenoxy) is 1. The molecule has 2 aromatic rings. The van der Waals surface area contributed by atoms with Crippen molar-refractivity contribution in [3.63, 3.8) is 0 Å². The maximum absolute atomic E-state index is 6.29. The lowest BCUT2D eigenvalue weighted by molar-refractivity contribution is 0.399. The Morgan fingerprint density at radius 1 is 1.40 bits per heavy atom. The second-order valence-corrected chi connectivity index (χ2v) is 5.72. The van der Waals surface area contributed by atoms with Gasteiger partial charge >= 0.3 is 0 Å². The topological polar surface area (TPSA) is 34.2 Å². The molecule has 3 nitrogen and oxygen atoms in total. The molecule has 5 heteroatoms. The van der Waals surface area contributed by atoms with Crippen molar-refractivity contribution >= 4 is 27.5 Å². The van der Waals surface area contributed by atoms with Gasteiger partial charge in [-0.1, -0.05) is 33.6 Å². The first kappa shape index (κ1) is 15.3. The summed E-state index contributed by atoms with van der Waals surface area (Å²) in [7, 11) is 3.58. The third kappa shape index (κ3) is 3.51. The highest BCUT2D eigenvalue weighted by Crippen LogP contribution is 2.29. The second-order valence-electron chi connectivity index (χ2n) is 4.40. The van der Waals surface area contributed by atoms with Crippen LogP contribution in [0.25, 0.3) is 0 Å². The van der Waals surface area contributed by atoms with Gasteiger partial charge in [0.15, 0.2) is 0 Å². The molecule has 0 saturated heterocycles. The third-order valence-corrected chi connectivity index (χ3v) is 4.04. The van der Waals surface area contributed by atoms with E-state index in [2.05, 4.69) is 26.2 Å². The van der Waals surface area contributed by atoms with Crippen molar-refractivity contribution in [3.8, 4) is 5.75 Å². The molecular weight excluding hydrogens is 340 g/mol. The van der Waals surface area contributed by atoms with Crippen LogP contribution in [0.15, 0.2) is 41.1 Å². The number of nitrogens with one attached hydrogen (secondary N) is 1. The van der Waals surface area contributed by atoms with Gasteiger partial charge < -0.3 is 10.1 Å². The van der Waals surface area contributed by atoms with E-state index < -0.39 is 0 Å². The molecule has 0 bridgehead atoms. The summed E-state index contributed by atoms with van der Waals surface area (Å²) in [6.07, 6.45) is 4.28. The zero-order valence-corrected chi connectivity index (χ0v) is 13.7. The summed E-state index contributed by atoms with van der Waals surface area (Å²) in [5, 5.41) is 4.06. The molecule has 1 atom stereocenters. The quantitative estimate of drug-likeness (QED) is 0.880. The Balaban J connectivity index is 2.29. The highest BCUT2D eigenvalue weighted by atomic mass is 79.9. The molecule has 0 aliphatic carbocycles. The Morgan fingerprint density at radius 2 is 2.20 bits per heavy atom. The summed E-state index contributed by atoms with van der Waals surface area (Å²) < 4.78 is 6.35. The van der Waals surface area contributed by atoms with Crippen molar-refractivity contribution in [2.75, 3.05) is 14.2 Å². The van der Waals surface area contributed by atoms with Crippen LogP contribution in [0.4, 0.5) is 0 Å². The second kappa shape index (κ2) is 7.07. The minimum absolute atomic E-state index is 0.117. The molecule has 0 aliphatic heterocycles. The fourth-order valence-electron chi connectivity index (χ4n) is 2.12. The van der Waals surface area contributed by atoms with Gasteiger partial charge in [0.2, 0.25) is 0 Å². The molecule has 0 fully saturated rings. The zero-order chi connectivity index (χ0) is 14.5. The highest BCUT2D eigenvalue weighted by molar-refractivity contribution is 9.10. The number of benzene rings is 1. The van der Waals surface area contributed by atoms with Crippen molar-refractivity contribution in [2.24, 2.45) is 0 Å². The Bertz CT molecular complexity index is 592. The van der Waals surface area contributed by atoms with E-state index in [0.29, 0.717) is 0 Å². The first-order valence-electron chi connectivity index (χ1n) is 6.24. The van der Waals surface area contributed by atoms with Crippen LogP contribution in [0.1, 0.15) is 17.2 Å². The van der Waals surface area contributed by atoms with E-state index in [1.165, 1.54) is 0 Å². The van der Waals surface area contributed by atoms with Crippen LogP contribution in [0, 0.1) is 0 Å². The lowest BCUT2D eigenvalue weighted by Gasteiger charge is -2.19. The molecule has 1 aromatic carbocycles. The van der Waals surface area contributed by atoms with Crippen molar-refractivity contribution < 1.29 is 4.74 Å². The molecule has 1 unspecified atom stereocenters. The molecule has 0 saturated carbocycles. The molecular formula is C15H16BrClN2O. The molecule has 0 spiro atoms. The molecule has 2 rings (SSSR count). The lowest BCUT2D eigenvalue weighted by Crippen LogP contribution is -2.19. The van der Waals surface area contributed by atoms with E-state index >= 15 is 0 Å². The van der Waals surface area contributed by atoms with Gasteiger partial charge in [-0.3, -0.25) is 4.98 Å². The van der Waals surface area contributed by atoms with Gasteiger partial charge in [-0.05, 0) is 37.2 Å². The summed E-state index contributed by atoms with van der Waals surface area (Å²) in [5.41, 5.74) is 2.16. The summed E-state index contributed by atoms with van der Waals surface area (Å²) in [4.78, 5) is 4.08. The largest absolute Gasteiger partial charge is 0.495 e. The van der Waals surface area contributed by atoms with Crippen LogP contribution < -0.4 is 10.1 Å². The van der Waals surface area contributed by atoms with Crippen LogP contribution in [0.3, 0.4) is 0 Å². The molecule has 0 amide bonds. The summed E-state index contributed by atoms with van der Waals surface area (Å²) in [6, 6.07) is 8.02. The SMILES string of the molecule is CNC(Cc1ccc(Br)cc1Cl)c1ccncc1OC. The van der Waals surface area contributed by atoms with Crippen molar-refractivity contribution in [1.29, 1.82) is 0 Å². The fourth-order valence-corrected chi connectivity index (χ4v) is 2.87. The van der Waals surface area contributed by atoms with Crippen LogP contribution in [0.2, 0.25) is 5.02 Å². The average molecular weight is 356 g/mol. The lowest BCUT2D eigenvalue weighted by atomic mass is 9.99. The van der Waals surface area contributed by atoms with E-state index in [-0.39, 0.29) is 6.04 Å². The van der Waals surface area contributed by atoms with Crippen LogP contribution >= 0.6 is 27.5 Å². The zero-order valence-electron chi connectivity index (χ0n) is 11.4. The number of likely N-dealkylation sites (N-methyl/N-ethyl adjacent to an activating group) is 1. The fraction of sp³-hybridized carbons (Fsp3) is 0.267. The number of hydrogen-bond acceptors (Lipinski definition) is 3. The average Bonchev–Trinajstić information content (AvgIpc) is 2.46. The van der Waals surface area contributed by atoms with Gasteiger partial charge in [-0.25, -0.2) is 0 Å². The maximum atomic E-state index is 6.29. The smallest absolute Gasteiger partial charge is 0.141 e. The van der Waals surface area contributed by atoms with Gasteiger partial charge in [0.25, 0.3) is 0 Å². The third-order valence-electron chi connectivity index (χ3n) is 3.20. The minimum Gasteiger partial charge on any atom is -0.495 e. The normalized spacial score (nSPS) is 12.2. The first-order chi connectivity index (χ1) is 9.65. The van der Waals surface area contributed by atoms with E-state index in [4.69, 9.17) is 16.3 Å². The van der Waals surface area contributed by atoms with Crippen molar-refractivity contribution in [2.45, 2.75) is 12.5 Å². The number of rotatable bonds is 5. The van der Waals surface area contributed by atoms with E-state index in [0.717, 1.165) is 32.8 Å². The molecule has 1 N–H and O–H groups in total. The summed E-state index contributed by atoms with van der Waals surface area (Å²) in [6.45, 7) is 0. The Morgan fingerprint density at radius 3 is 2.85 bits per heavy atom. The molecule has 0 aliphatic rings. The maximum Gasteiger partial charge on any atom is 0.141 e. The van der Waals surface area contributed by atoms with Gasteiger partial charge in [0, 0.05) is 27.3 Å². The highest BCUT2D eigenvalue weighted by Gasteiger charge is 2.16. The Labute approximate surface area is 132 Å².